The molecular weight excluding hydrogens is 548 g/mol. The Balaban J connectivity index is 1.46. The zero-order valence-electron chi connectivity index (χ0n) is 23.7. The molecule has 43 heavy (non-hydrogen) atoms. The van der Waals surface area contributed by atoms with E-state index in [4.69, 9.17) is 10.5 Å². The Labute approximate surface area is 248 Å². The van der Waals surface area contributed by atoms with Crippen LogP contribution in [-0.4, -0.2) is 61.4 Å². The number of pyridine rings is 1. The molecule has 0 spiro atoms. The van der Waals surface area contributed by atoms with Crippen LogP contribution in [0.15, 0.2) is 83.3 Å². The molecule has 0 saturated carbocycles. The highest BCUT2D eigenvalue weighted by atomic mass is 16.5. The number of rotatable bonds is 10. The minimum atomic E-state index is -0.431. The van der Waals surface area contributed by atoms with Crippen molar-refractivity contribution in [1.29, 1.82) is 5.26 Å². The van der Waals surface area contributed by atoms with Gasteiger partial charge in [0.15, 0.2) is 0 Å². The number of ether oxygens (including phenoxy) is 1. The molecule has 4 N–H and O–H groups in total. The molecule has 2 aromatic heterocycles. The number of fused-ring (bicyclic) bond motifs is 1. The van der Waals surface area contributed by atoms with Crippen LogP contribution >= 0.6 is 0 Å². The molecule has 11 nitrogen and oxygen atoms in total. The summed E-state index contributed by atoms with van der Waals surface area (Å²) >= 11 is 0. The lowest BCUT2D eigenvalue weighted by molar-refractivity contribution is -0.128. The predicted octanol–water partition coefficient (Wildman–Crippen LogP) is 3.56. The van der Waals surface area contributed by atoms with Crippen molar-refractivity contribution in [3.63, 3.8) is 0 Å². The van der Waals surface area contributed by atoms with E-state index in [-0.39, 0.29) is 48.8 Å². The summed E-state index contributed by atoms with van der Waals surface area (Å²) in [6.07, 6.45) is 5.05. The number of aliphatic hydroxyl groups is 2. The highest BCUT2D eigenvalue weighted by Crippen LogP contribution is 2.30. The van der Waals surface area contributed by atoms with Crippen molar-refractivity contribution in [2.24, 2.45) is 5.92 Å². The molecule has 11 heteroatoms. The summed E-state index contributed by atoms with van der Waals surface area (Å²) in [6, 6.07) is 19.9. The van der Waals surface area contributed by atoms with Crippen molar-refractivity contribution < 1.29 is 19.7 Å². The zero-order chi connectivity index (χ0) is 30.3. The SMILES string of the molecule is N#CC(=CC(CCO)CCO)C(=O)N1CCCC(n2c(=O)n(-c3ccc(Oc4ccccc4)cc3)c3c(N)nccc32)C1. The van der Waals surface area contributed by atoms with Crippen LogP contribution in [0.1, 0.15) is 31.7 Å². The third-order valence-electron chi connectivity index (χ3n) is 7.69. The molecule has 4 aromatic rings. The second-order valence-electron chi connectivity index (χ2n) is 10.5. The number of likely N-dealkylation sites (tertiary alicyclic amines) is 1. The Hall–Kier alpha value is -4.92. The van der Waals surface area contributed by atoms with Crippen LogP contribution in [0, 0.1) is 17.2 Å². The average molecular weight is 583 g/mol. The summed E-state index contributed by atoms with van der Waals surface area (Å²) in [4.78, 5) is 33.3. The molecule has 222 valence electrons. The number of nitriles is 1. The van der Waals surface area contributed by atoms with Gasteiger partial charge in [-0.15, -0.1) is 0 Å². The van der Waals surface area contributed by atoms with Crippen LogP contribution in [0.5, 0.6) is 11.5 Å². The number of nitrogens with zero attached hydrogens (tertiary/aromatic N) is 5. The molecule has 1 amide bonds. The largest absolute Gasteiger partial charge is 0.457 e. The third kappa shape index (κ3) is 6.30. The number of nitrogens with two attached hydrogens (primary N) is 1. The Kier molecular flexibility index (Phi) is 9.20. The highest BCUT2D eigenvalue weighted by molar-refractivity contribution is 5.97. The first-order valence-corrected chi connectivity index (χ1v) is 14.3. The van der Waals surface area contributed by atoms with Gasteiger partial charge in [0.05, 0.1) is 17.2 Å². The number of anilines is 1. The molecule has 1 unspecified atom stereocenters. The number of imidazole rings is 1. The lowest BCUT2D eigenvalue weighted by atomic mass is 9.98. The van der Waals surface area contributed by atoms with E-state index < -0.39 is 5.91 Å². The molecule has 2 aromatic carbocycles. The van der Waals surface area contributed by atoms with Gasteiger partial charge < -0.3 is 25.6 Å². The van der Waals surface area contributed by atoms with Crippen LogP contribution in [0.25, 0.3) is 16.7 Å². The number of benzene rings is 2. The second kappa shape index (κ2) is 13.4. The van der Waals surface area contributed by atoms with Gasteiger partial charge >= 0.3 is 5.69 Å². The topological polar surface area (TPSA) is 160 Å². The Bertz CT molecular complexity index is 1700. The molecule has 1 atom stereocenters. The molecule has 1 aliphatic rings. The minimum absolute atomic E-state index is 0.0337. The van der Waals surface area contributed by atoms with Crippen LogP contribution < -0.4 is 16.2 Å². The number of hydrogen-bond donors (Lipinski definition) is 3. The van der Waals surface area contributed by atoms with Gasteiger partial charge in [0, 0.05) is 32.5 Å². The van der Waals surface area contributed by atoms with E-state index in [1.807, 2.05) is 36.4 Å². The standard InChI is InChI=1S/C32H34N6O5/c33-20-23(19-22(13-17-39)14-18-40)31(41)36-16-4-5-25(21-36)37-28-12-15-35-30(34)29(28)38(32(37)42)24-8-10-27(11-9-24)43-26-6-2-1-3-7-26/h1-3,6-12,15,19,22,25,39-40H,4-5,13-14,16-18,21H2,(H2,34,35). The molecule has 0 bridgehead atoms. The molecule has 3 heterocycles. The van der Waals surface area contributed by atoms with Gasteiger partial charge in [-0.05, 0) is 74.1 Å². The fourth-order valence-electron chi connectivity index (χ4n) is 5.62. The van der Waals surface area contributed by atoms with E-state index in [0.29, 0.717) is 60.4 Å². The monoisotopic (exact) mass is 582 g/mol. The van der Waals surface area contributed by atoms with Gasteiger partial charge in [0.25, 0.3) is 5.91 Å². The number of para-hydroxylation sites is 1. The van der Waals surface area contributed by atoms with E-state index in [9.17, 15) is 25.1 Å². The number of piperidine rings is 1. The number of allylic oxidation sites excluding steroid dienone is 1. The van der Waals surface area contributed by atoms with Crippen LogP contribution in [0.4, 0.5) is 5.82 Å². The zero-order valence-corrected chi connectivity index (χ0v) is 23.7. The Morgan fingerprint density at radius 3 is 2.47 bits per heavy atom. The van der Waals surface area contributed by atoms with E-state index in [2.05, 4.69) is 4.98 Å². The fourth-order valence-corrected chi connectivity index (χ4v) is 5.62. The average Bonchev–Trinajstić information content (AvgIpc) is 3.33. The van der Waals surface area contributed by atoms with Gasteiger partial charge in [-0.25, -0.2) is 9.78 Å². The van der Waals surface area contributed by atoms with Gasteiger partial charge in [-0.2, -0.15) is 5.26 Å². The van der Waals surface area contributed by atoms with Crippen molar-refractivity contribution in [2.75, 3.05) is 32.0 Å². The number of aliphatic hydroxyl groups excluding tert-OH is 2. The van der Waals surface area contributed by atoms with Crippen LogP contribution in [-0.2, 0) is 4.79 Å². The third-order valence-corrected chi connectivity index (χ3v) is 7.69. The first-order chi connectivity index (χ1) is 20.9. The lowest BCUT2D eigenvalue weighted by Gasteiger charge is -2.33. The minimum Gasteiger partial charge on any atom is -0.457 e. The van der Waals surface area contributed by atoms with Gasteiger partial charge in [-0.3, -0.25) is 13.9 Å². The number of amides is 1. The van der Waals surface area contributed by atoms with Crippen molar-refractivity contribution in [3.05, 3.63) is 89.0 Å². The Morgan fingerprint density at radius 2 is 1.79 bits per heavy atom. The normalized spacial score (nSPS) is 15.5. The summed E-state index contributed by atoms with van der Waals surface area (Å²) in [7, 11) is 0. The summed E-state index contributed by atoms with van der Waals surface area (Å²) in [6.45, 7) is 0.438. The molecule has 1 aliphatic heterocycles. The molecule has 0 aliphatic carbocycles. The maximum atomic E-state index is 14.1. The molecule has 1 fully saturated rings. The highest BCUT2D eigenvalue weighted by Gasteiger charge is 2.30. The first-order valence-electron chi connectivity index (χ1n) is 14.3. The van der Waals surface area contributed by atoms with E-state index in [0.717, 1.165) is 0 Å². The number of aromatic nitrogens is 3. The quantitative estimate of drug-likeness (QED) is 0.189. The Morgan fingerprint density at radius 1 is 1.09 bits per heavy atom. The van der Waals surface area contributed by atoms with E-state index in [1.54, 1.807) is 46.0 Å². The first kappa shape index (κ1) is 29.6. The molecule has 1 saturated heterocycles. The van der Waals surface area contributed by atoms with Gasteiger partial charge in [0.1, 0.15) is 34.5 Å². The fraction of sp³-hybridized carbons (Fsp3) is 0.312. The van der Waals surface area contributed by atoms with Crippen molar-refractivity contribution in [3.8, 4) is 23.3 Å². The lowest BCUT2D eigenvalue weighted by Crippen LogP contribution is -2.43. The van der Waals surface area contributed by atoms with E-state index in [1.165, 1.54) is 10.6 Å². The van der Waals surface area contributed by atoms with Gasteiger partial charge in [-0.1, -0.05) is 24.3 Å². The number of carbonyl (C=O) groups excluding carboxylic acids is 1. The summed E-state index contributed by atoms with van der Waals surface area (Å²) < 4.78 is 9.10. The second-order valence-corrected chi connectivity index (χ2v) is 10.5. The van der Waals surface area contributed by atoms with Crippen LogP contribution in [0.3, 0.4) is 0 Å². The number of nitrogen functional groups attached to an aromatic ring is 1. The maximum absolute atomic E-state index is 14.1. The summed E-state index contributed by atoms with van der Waals surface area (Å²) in [5, 5.41) is 28.5. The molecular formula is C32H34N6O5. The maximum Gasteiger partial charge on any atom is 0.334 e. The van der Waals surface area contributed by atoms with E-state index >= 15 is 0 Å². The molecule has 0 radical (unpaired) electrons. The van der Waals surface area contributed by atoms with Crippen LogP contribution in [0.2, 0.25) is 0 Å². The number of hydrogen-bond acceptors (Lipinski definition) is 8. The smallest absolute Gasteiger partial charge is 0.334 e. The van der Waals surface area contributed by atoms with Crippen molar-refractivity contribution in [1.82, 2.24) is 19.0 Å². The summed E-state index contributed by atoms with van der Waals surface area (Å²) in [5.74, 6) is 0.784. The number of carbonyl (C=O) groups is 1. The summed E-state index contributed by atoms with van der Waals surface area (Å²) in [5.41, 5.74) is 7.63. The molecule has 5 rings (SSSR count). The van der Waals surface area contributed by atoms with Crippen molar-refractivity contribution >= 4 is 22.8 Å². The van der Waals surface area contributed by atoms with Crippen molar-refractivity contribution in [2.45, 2.75) is 31.7 Å². The predicted molar refractivity (Wildman–Crippen MR) is 162 cm³/mol. The van der Waals surface area contributed by atoms with Gasteiger partial charge in [0.2, 0.25) is 0 Å².